The third-order valence-electron chi connectivity index (χ3n) is 9.45. The topological polar surface area (TPSA) is 92.0 Å². The molecule has 37 heavy (non-hydrogen) atoms. The van der Waals surface area contributed by atoms with E-state index in [-0.39, 0.29) is 47.5 Å². The van der Waals surface area contributed by atoms with E-state index in [1.54, 1.807) is 0 Å². The molecule has 1 aromatic carbocycles. The Balaban J connectivity index is 1.53. The summed E-state index contributed by atoms with van der Waals surface area (Å²) in [6.45, 7) is 9.51. The van der Waals surface area contributed by atoms with Crippen molar-refractivity contribution in [3.05, 3.63) is 52.4 Å². The van der Waals surface area contributed by atoms with Gasteiger partial charge in [-0.1, -0.05) is 44.2 Å². The Morgan fingerprint density at radius 1 is 1.00 bits per heavy atom. The third-order valence-corrected chi connectivity index (χ3v) is 9.45. The number of carbonyl (C=O) groups is 2. The van der Waals surface area contributed by atoms with Crippen molar-refractivity contribution in [2.24, 2.45) is 22.7 Å². The lowest BCUT2D eigenvalue weighted by atomic mass is 9.43. The number of hydrogen-bond donors (Lipinski definition) is 0. The summed E-state index contributed by atoms with van der Waals surface area (Å²) < 4.78 is 23.8. The molecule has 0 radical (unpaired) electrons. The minimum absolute atomic E-state index is 0.0478. The summed E-state index contributed by atoms with van der Waals surface area (Å²) in [5, 5.41) is 0. The van der Waals surface area contributed by atoms with Crippen LogP contribution < -0.4 is 10.4 Å². The number of fused-ring (bicyclic) bond motifs is 4. The minimum Gasteiger partial charge on any atom is -0.487 e. The van der Waals surface area contributed by atoms with E-state index in [0.29, 0.717) is 29.9 Å². The van der Waals surface area contributed by atoms with E-state index in [1.165, 1.54) is 13.8 Å². The molecular weight excluding hydrogens is 472 g/mol. The van der Waals surface area contributed by atoms with Crippen molar-refractivity contribution in [2.75, 3.05) is 6.61 Å². The normalized spacial score (nSPS) is 34.2. The fourth-order valence-electron chi connectivity index (χ4n) is 7.69. The molecule has 6 atom stereocenters. The smallest absolute Gasteiger partial charge is 0.343 e. The Bertz CT molecular complexity index is 1270. The molecule has 2 saturated carbocycles. The van der Waals surface area contributed by atoms with Gasteiger partial charge in [-0.3, -0.25) is 9.59 Å². The largest absolute Gasteiger partial charge is 0.487 e. The highest BCUT2D eigenvalue weighted by Gasteiger charge is 2.65. The van der Waals surface area contributed by atoms with Crippen LogP contribution >= 0.6 is 0 Å². The van der Waals surface area contributed by atoms with Crippen LogP contribution in [0.4, 0.5) is 0 Å². The van der Waals surface area contributed by atoms with Crippen molar-refractivity contribution >= 4 is 11.9 Å². The number of esters is 2. The van der Waals surface area contributed by atoms with Gasteiger partial charge in [0, 0.05) is 36.8 Å². The van der Waals surface area contributed by atoms with Gasteiger partial charge >= 0.3 is 17.6 Å². The van der Waals surface area contributed by atoms with Crippen LogP contribution in [0.2, 0.25) is 0 Å². The summed E-state index contributed by atoms with van der Waals surface area (Å²) in [6.07, 6.45) is 3.30. The Labute approximate surface area is 217 Å². The lowest BCUT2D eigenvalue weighted by Crippen LogP contribution is -2.65. The first-order valence-corrected chi connectivity index (χ1v) is 13.2. The van der Waals surface area contributed by atoms with Crippen molar-refractivity contribution in [1.29, 1.82) is 0 Å². The van der Waals surface area contributed by atoms with Gasteiger partial charge in [0.05, 0.1) is 5.56 Å². The molecule has 3 aliphatic rings. The van der Waals surface area contributed by atoms with Gasteiger partial charge in [-0.05, 0) is 50.4 Å². The predicted molar refractivity (Wildman–Crippen MR) is 137 cm³/mol. The van der Waals surface area contributed by atoms with Crippen molar-refractivity contribution in [1.82, 2.24) is 0 Å². The van der Waals surface area contributed by atoms with E-state index in [1.807, 2.05) is 36.4 Å². The van der Waals surface area contributed by atoms with Crippen LogP contribution in [0.15, 0.2) is 45.6 Å². The summed E-state index contributed by atoms with van der Waals surface area (Å²) in [5.41, 5.74) is -0.183. The van der Waals surface area contributed by atoms with E-state index in [9.17, 15) is 14.4 Å². The number of benzene rings is 1. The van der Waals surface area contributed by atoms with Gasteiger partial charge in [-0.15, -0.1) is 0 Å². The highest BCUT2D eigenvalue weighted by atomic mass is 16.6. The fourth-order valence-corrected chi connectivity index (χ4v) is 7.69. The average molecular weight is 509 g/mol. The molecule has 1 aliphatic heterocycles. The van der Waals surface area contributed by atoms with Gasteiger partial charge in [0.1, 0.15) is 29.8 Å². The second-order valence-corrected chi connectivity index (χ2v) is 11.8. The summed E-state index contributed by atoms with van der Waals surface area (Å²) >= 11 is 0. The van der Waals surface area contributed by atoms with Crippen LogP contribution in [-0.4, -0.2) is 30.3 Å². The van der Waals surface area contributed by atoms with Crippen molar-refractivity contribution in [2.45, 2.75) is 78.4 Å². The predicted octanol–water partition coefficient (Wildman–Crippen LogP) is 5.33. The first-order chi connectivity index (χ1) is 17.5. The highest BCUT2D eigenvalue weighted by Crippen LogP contribution is 2.65. The molecule has 3 unspecified atom stereocenters. The van der Waals surface area contributed by atoms with Crippen molar-refractivity contribution in [3.63, 3.8) is 0 Å². The summed E-state index contributed by atoms with van der Waals surface area (Å²) in [6, 6.07) is 11.4. The first kappa shape index (κ1) is 25.6. The van der Waals surface area contributed by atoms with E-state index in [4.69, 9.17) is 18.6 Å². The third kappa shape index (κ3) is 4.26. The minimum atomic E-state index is -0.548. The lowest BCUT2D eigenvalue weighted by molar-refractivity contribution is -0.219. The Morgan fingerprint density at radius 3 is 2.41 bits per heavy atom. The molecule has 7 heteroatoms. The van der Waals surface area contributed by atoms with Crippen LogP contribution in [0.25, 0.3) is 11.3 Å². The number of rotatable bonds is 4. The Hall–Kier alpha value is -3.09. The first-order valence-electron chi connectivity index (χ1n) is 13.2. The summed E-state index contributed by atoms with van der Waals surface area (Å²) in [4.78, 5) is 37.0. The highest BCUT2D eigenvalue weighted by molar-refractivity contribution is 5.67. The van der Waals surface area contributed by atoms with Crippen LogP contribution in [0.1, 0.15) is 65.9 Å². The van der Waals surface area contributed by atoms with Crippen molar-refractivity contribution in [3.8, 4) is 17.1 Å². The maximum atomic E-state index is 13.2. The molecule has 2 aliphatic carbocycles. The van der Waals surface area contributed by atoms with E-state index >= 15 is 0 Å². The SMILES string of the molecule is CC(=O)OCC1(C)[C@@H]2CCC3(C)Oc4cc(-c5ccccc5)oc(=O)c4C[C@@H]3C2(C)CC[C@@H]1OC(C)=O. The maximum absolute atomic E-state index is 13.2. The molecule has 198 valence electrons. The van der Waals surface area contributed by atoms with E-state index in [2.05, 4.69) is 20.8 Å². The van der Waals surface area contributed by atoms with Gasteiger partial charge in [0.15, 0.2) is 0 Å². The van der Waals surface area contributed by atoms with Crippen molar-refractivity contribution < 1.29 is 28.2 Å². The monoisotopic (exact) mass is 508 g/mol. The van der Waals surface area contributed by atoms with Gasteiger partial charge in [0.25, 0.3) is 0 Å². The summed E-state index contributed by atoms with van der Waals surface area (Å²) in [5.74, 6) is 0.583. The molecule has 1 aromatic heterocycles. The van der Waals surface area contributed by atoms with Gasteiger partial charge in [-0.25, -0.2) is 4.79 Å². The van der Waals surface area contributed by atoms with Crippen LogP contribution in [0.5, 0.6) is 5.75 Å². The van der Waals surface area contributed by atoms with Crippen LogP contribution in [-0.2, 0) is 25.5 Å². The molecule has 0 saturated heterocycles. The molecule has 0 N–H and O–H groups in total. The van der Waals surface area contributed by atoms with E-state index in [0.717, 1.165) is 24.8 Å². The molecule has 2 aromatic rings. The fraction of sp³-hybridized carbons (Fsp3) is 0.567. The average Bonchev–Trinajstić information content (AvgIpc) is 2.84. The molecule has 5 rings (SSSR count). The van der Waals surface area contributed by atoms with Crippen LogP contribution in [0, 0.1) is 22.7 Å². The zero-order valence-corrected chi connectivity index (χ0v) is 22.3. The molecule has 0 spiro atoms. The van der Waals surface area contributed by atoms with Gasteiger partial charge in [-0.2, -0.15) is 0 Å². The number of carbonyl (C=O) groups excluding carboxylic acids is 2. The molecule has 0 amide bonds. The number of ether oxygens (including phenoxy) is 3. The second kappa shape index (κ2) is 9.03. The van der Waals surface area contributed by atoms with Crippen LogP contribution in [0.3, 0.4) is 0 Å². The van der Waals surface area contributed by atoms with Gasteiger partial charge < -0.3 is 18.6 Å². The molecule has 0 bridgehead atoms. The van der Waals surface area contributed by atoms with E-state index < -0.39 is 11.0 Å². The molecule has 7 nitrogen and oxygen atoms in total. The molecular formula is C30H36O7. The number of hydrogen-bond acceptors (Lipinski definition) is 7. The maximum Gasteiger partial charge on any atom is 0.343 e. The van der Waals surface area contributed by atoms with Gasteiger partial charge in [0.2, 0.25) is 0 Å². The Kier molecular flexibility index (Phi) is 6.24. The summed E-state index contributed by atoms with van der Waals surface area (Å²) in [7, 11) is 0. The zero-order valence-electron chi connectivity index (χ0n) is 22.3. The Morgan fingerprint density at radius 2 is 1.73 bits per heavy atom. The lowest BCUT2D eigenvalue weighted by Gasteiger charge is -2.64. The standard InChI is InChI=1S/C30H36O7/c1-18(31)34-17-29(4)24-11-14-30(5)25(28(24,3)13-12-26(29)35-19(2)32)15-21-23(37-30)16-22(36-27(21)33)20-9-7-6-8-10-20/h6-10,16,24-26H,11-15,17H2,1-5H3/t24-,25-,26+,28?,29?,30?/m1/s1. The molecule has 2 heterocycles. The zero-order chi connectivity index (χ0) is 26.6. The molecule has 2 fully saturated rings. The quantitative estimate of drug-likeness (QED) is 0.516. The second-order valence-electron chi connectivity index (χ2n) is 11.8.